The van der Waals surface area contributed by atoms with Crippen molar-refractivity contribution in [1.29, 1.82) is 0 Å². The molecule has 2 N–H and O–H groups in total. The first-order chi connectivity index (χ1) is 11.5. The van der Waals surface area contributed by atoms with Gasteiger partial charge in [0.1, 0.15) is 24.5 Å². The quantitative estimate of drug-likeness (QED) is 0.873. The van der Waals surface area contributed by atoms with Gasteiger partial charge < -0.3 is 15.2 Å². The van der Waals surface area contributed by atoms with Crippen molar-refractivity contribution in [3.8, 4) is 5.75 Å². The number of hydrogen-bond acceptors (Lipinski definition) is 4. The van der Waals surface area contributed by atoms with Crippen LogP contribution in [0.3, 0.4) is 0 Å². The molecule has 6 heteroatoms. The number of aliphatic hydroxyl groups excluding tert-OH is 1. The van der Waals surface area contributed by atoms with Gasteiger partial charge in [0, 0.05) is 5.69 Å². The van der Waals surface area contributed by atoms with Gasteiger partial charge in [-0.3, -0.25) is 9.48 Å². The summed E-state index contributed by atoms with van der Waals surface area (Å²) in [5.74, 6) is 0.585. The number of carbonyl (C=O) groups excluding carboxylic acids is 1. The second-order valence-electron chi connectivity index (χ2n) is 6.30. The number of benzene rings is 1. The van der Waals surface area contributed by atoms with Gasteiger partial charge in [-0.05, 0) is 44.9 Å². The molecule has 0 spiro atoms. The van der Waals surface area contributed by atoms with Crippen molar-refractivity contribution in [3.63, 3.8) is 0 Å². The molecule has 1 aliphatic carbocycles. The van der Waals surface area contributed by atoms with Crippen LogP contribution < -0.4 is 10.1 Å². The molecule has 3 atom stereocenters. The van der Waals surface area contributed by atoms with Gasteiger partial charge in [-0.1, -0.05) is 18.2 Å². The number of aromatic nitrogens is 2. The zero-order chi connectivity index (χ0) is 17.1. The van der Waals surface area contributed by atoms with Crippen LogP contribution in [-0.2, 0) is 11.3 Å². The smallest absolute Gasteiger partial charge is 0.242 e. The summed E-state index contributed by atoms with van der Waals surface area (Å²) in [6.45, 7) is 3.97. The summed E-state index contributed by atoms with van der Waals surface area (Å²) in [6.07, 6.45) is 0.392. The fourth-order valence-electron chi connectivity index (χ4n) is 3.13. The van der Waals surface area contributed by atoms with Gasteiger partial charge in [0.15, 0.2) is 0 Å². The van der Waals surface area contributed by atoms with Crippen LogP contribution in [0.5, 0.6) is 5.75 Å². The number of nitrogens with zero attached hydrogens (tertiary/aromatic N) is 2. The second-order valence-corrected chi connectivity index (χ2v) is 6.30. The van der Waals surface area contributed by atoms with E-state index in [2.05, 4.69) is 10.4 Å². The number of ether oxygens (including phenoxy) is 1. The Hall–Kier alpha value is -2.34. The molecule has 3 rings (SSSR count). The number of aryl methyl sites for hydroxylation is 2. The normalized spacial score (nSPS) is 23.2. The molecule has 1 aromatic carbocycles. The third-order valence-electron chi connectivity index (χ3n) is 4.33. The fraction of sp³-hybridized carbons (Fsp3) is 0.444. The predicted octanol–water partition coefficient (Wildman–Crippen LogP) is 1.59. The van der Waals surface area contributed by atoms with Gasteiger partial charge in [-0.2, -0.15) is 5.10 Å². The maximum Gasteiger partial charge on any atom is 0.242 e. The number of nitrogens with one attached hydrogen (secondary N) is 1. The highest BCUT2D eigenvalue weighted by Gasteiger charge is 2.37. The van der Waals surface area contributed by atoms with Crippen LogP contribution in [0.2, 0.25) is 0 Å². The minimum absolute atomic E-state index is 0.148. The molecule has 0 bridgehead atoms. The molecule has 0 saturated heterocycles. The number of carbonyl (C=O) groups is 1. The molecule has 0 aliphatic heterocycles. The zero-order valence-corrected chi connectivity index (χ0v) is 14.0. The first-order valence-electron chi connectivity index (χ1n) is 8.23. The molecular weight excluding hydrogens is 306 g/mol. The monoisotopic (exact) mass is 329 g/mol. The Bertz CT molecular complexity index is 699. The predicted molar refractivity (Wildman–Crippen MR) is 89.7 cm³/mol. The van der Waals surface area contributed by atoms with Crippen LogP contribution in [0.25, 0.3) is 0 Å². The van der Waals surface area contributed by atoms with Crippen molar-refractivity contribution >= 4 is 5.91 Å². The Morgan fingerprint density at radius 3 is 2.75 bits per heavy atom. The van der Waals surface area contributed by atoms with Gasteiger partial charge in [0.2, 0.25) is 5.91 Å². The van der Waals surface area contributed by atoms with Crippen LogP contribution in [0, 0.1) is 13.8 Å². The average Bonchev–Trinajstić information content (AvgIpc) is 3.04. The molecule has 0 unspecified atom stereocenters. The van der Waals surface area contributed by atoms with Crippen LogP contribution in [0.1, 0.15) is 24.2 Å². The summed E-state index contributed by atoms with van der Waals surface area (Å²) in [7, 11) is 0. The van der Waals surface area contributed by atoms with Crippen molar-refractivity contribution in [2.45, 2.75) is 51.5 Å². The SMILES string of the molecule is Cc1cc(C)n(CC(=O)N[C@@H]2CC[C@@H](Oc3ccccc3)[C@@H]2O)n1. The van der Waals surface area contributed by atoms with Gasteiger partial charge >= 0.3 is 0 Å². The number of para-hydroxylation sites is 1. The molecular formula is C18H23N3O3. The maximum atomic E-state index is 12.2. The first kappa shape index (κ1) is 16.5. The van der Waals surface area contributed by atoms with Gasteiger partial charge in [0.05, 0.1) is 11.7 Å². The van der Waals surface area contributed by atoms with Crippen molar-refractivity contribution in [3.05, 3.63) is 47.8 Å². The topological polar surface area (TPSA) is 76.4 Å². The van der Waals surface area contributed by atoms with E-state index in [1.807, 2.05) is 50.2 Å². The molecule has 24 heavy (non-hydrogen) atoms. The van der Waals surface area contributed by atoms with E-state index in [4.69, 9.17) is 4.74 Å². The third kappa shape index (κ3) is 3.76. The van der Waals surface area contributed by atoms with E-state index >= 15 is 0 Å². The van der Waals surface area contributed by atoms with Crippen LogP contribution in [0.4, 0.5) is 0 Å². The van der Waals surface area contributed by atoms with E-state index in [1.165, 1.54) is 0 Å². The Morgan fingerprint density at radius 2 is 2.08 bits per heavy atom. The Labute approximate surface area is 141 Å². The standard InChI is InChI=1S/C18H23N3O3/c1-12-10-13(2)21(20-12)11-17(22)19-15-8-9-16(18(15)23)24-14-6-4-3-5-7-14/h3-7,10,15-16,18,23H,8-9,11H2,1-2H3,(H,19,22)/t15-,16-,18-/m1/s1. The van der Waals surface area contributed by atoms with Gasteiger partial charge in [-0.15, -0.1) is 0 Å². The van der Waals surface area contributed by atoms with Crippen LogP contribution in [-0.4, -0.2) is 39.0 Å². The maximum absolute atomic E-state index is 12.2. The number of amides is 1. The minimum atomic E-state index is -0.713. The largest absolute Gasteiger partial charge is 0.488 e. The van der Waals surface area contributed by atoms with Crippen LogP contribution >= 0.6 is 0 Å². The first-order valence-corrected chi connectivity index (χ1v) is 8.23. The molecule has 1 fully saturated rings. The molecule has 1 saturated carbocycles. The summed E-state index contributed by atoms with van der Waals surface area (Å²) in [5, 5.41) is 17.6. The summed E-state index contributed by atoms with van der Waals surface area (Å²) in [4.78, 5) is 12.2. The molecule has 1 amide bonds. The van der Waals surface area contributed by atoms with E-state index in [9.17, 15) is 9.90 Å². The summed E-state index contributed by atoms with van der Waals surface area (Å²) < 4.78 is 7.49. The van der Waals surface area contributed by atoms with E-state index in [0.717, 1.165) is 17.1 Å². The van der Waals surface area contributed by atoms with E-state index in [-0.39, 0.29) is 24.6 Å². The fourth-order valence-corrected chi connectivity index (χ4v) is 3.13. The van der Waals surface area contributed by atoms with E-state index < -0.39 is 6.10 Å². The summed E-state index contributed by atoms with van der Waals surface area (Å²) >= 11 is 0. The highest BCUT2D eigenvalue weighted by Crippen LogP contribution is 2.25. The Morgan fingerprint density at radius 1 is 1.33 bits per heavy atom. The number of rotatable bonds is 5. The lowest BCUT2D eigenvalue weighted by Gasteiger charge is -2.21. The second kappa shape index (κ2) is 7.05. The van der Waals surface area contributed by atoms with Crippen molar-refractivity contribution in [2.75, 3.05) is 0 Å². The molecule has 0 radical (unpaired) electrons. The highest BCUT2D eigenvalue weighted by molar-refractivity contribution is 5.76. The van der Waals surface area contributed by atoms with Gasteiger partial charge in [-0.25, -0.2) is 0 Å². The molecule has 2 aromatic rings. The Kier molecular flexibility index (Phi) is 4.85. The summed E-state index contributed by atoms with van der Waals surface area (Å²) in [5.41, 5.74) is 1.83. The lowest BCUT2D eigenvalue weighted by atomic mass is 10.2. The molecule has 128 valence electrons. The lowest BCUT2D eigenvalue weighted by Crippen LogP contribution is -2.45. The average molecular weight is 329 g/mol. The van der Waals surface area contributed by atoms with E-state index in [1.54, 1.807) is 4.68 Å². The number of aliphatic hydroxyl groups is 1. The van der Waals surface area contributed by atoms with E-state index in [0.29, 0.717) is 12.8 Å². The number of hydrogen-bond donors (Lipinski definition) is 2. The molecule has 1 aliphatic rings. The van der Waals surface area contributed by atoms with Gasteiger partial charge in [0.25, 0.3) is 0 Å². The van der Waals surface area contributed by atoms with Crippen LogP contribution in [0.15, 0.2) is 36.4 Å². The molecule has 1 aromatic heterocycles. The minimum Gasteiger partial charge on any atom is -0.488 e. The highest BCUT2D eigenvalue weighted by atomic mass is 16.5. The van der Waals surface area contributed by atoms with Crippen molar-refractivity contribution < 1.29 is 14.6 Å². The summed E-state index contributed by atoms with van der Waals surface area (Å²) in [6, 6.07) is 11.1. The van der Waals surface area contributed by atoms with Crippen molar-refractivity contribution in [1.82, 2.24) is 15.1 Å². The van der Waals surface area contributed by atoms with Crippen molar-refractivity contribution in [2.24, 2.45) is 0 Å². The zero-order valence-electron chi connectivity index (χ0n) is 14.0. The molecule has 6 nitrogen and oxygen atoms in total. The molecule has 1 heterocycles. The Balaban J connectivity index is 1.54. The lowest BCUT2D eigenvalue weighted by molar-refractivity contribution is -0.123. The third-order valence-corrected chi connectivity index (χ3v) is 4.33.